The molecular formula is C34H43N5O7. The molecule has 4 rings (SSSR count). The summed E-state index contributed by atoms with van der Waals surface area (Å²) in [5.74, 6) is -2.36. The largest absolute Gasteiger partial charge is 0.496 e. The van der Waals surface area contributed by atoms with Crippen molar-refractivity contribution in [3.8, 4) is 5.75 Å². The quantitative estimate of drug-likeness (QED) is 0.186. The zero-order valence-electron chi connectivity index (χ0n) is 27.0. The predicted octanol–water partition coefficient (Wildman–Crippen LogP) is 2.82. The highest BCUT2D eigenvalue weighted by Crippen LogP contribution is 2.26. The molecule has 3 atom stereocenters. The maximum absolute atomic E-state index is 13.7. The van der Waals surface area contributed by atoms with Crippen molar-refractivity contribution in [1.82, 2.24) is 25.8 Å². The van der Waals surface area contributed by atoms with Gasteiger partial charge in [0.1, 0.15) is 17.5 Å². The van der Waals surface area contributed by atoms with Gasteiger partial charge < -0.3 is 35.3 Å². The van der Waals surface area contributed by atoms with Crippen LogP contribution in [0.15, 0.2) is 48.5 Å². The van der Waals surface area contributed by atoms with E-state index in [-0.39, 0.29) is 23.9 Å². The maximum atomic E-state index is 13.7. The van der Waals surface area contributed by atoms with Gasteiger partial charge in [-0.3, -0.25) is 19.2 Å². The Hall–Kier alpha value is -4.71. The summed E-state index contributed by atoms with van der Waals surface area (Å²) in [7, 11) is 5.30. The lowest BCUT2D eigenvalue weighted by Crippen LogP contribution is -2.53. The van der Waals surface area contributed by atoms with E-state index < -0.39 is 48.2 Å². The Morgan fingerprint density at radius 3 is 2.46 bits per heavy atom. The molecule has 1 aliphatic rings. The number of ketones is 1. The highest BCUT2D eigenvalue weighted by Gasteiger charge is 2.34. The van der Waals surface area contributed by atoms with Crippen molar-refractivity contribution in [3.05, 3.63) is 65.4 Å². The van der Waals surface area contributed by atoms with Crippen LogP contribution in [0.5, 0.6) is 5.75 Å². The first kappa shape index (κ1) is 34.2. The summed E-state index contributed by atoms with van der Waals surface area (Å²) in [4.78, 5) is 70.8. The van der Waals surface area contributed by atoms with Crippen molar-refractivity contribution >= 4 is 40.4 Å². The molecule has 12 heteroatoms. The van der Waals surface area contributed by atoms with Crippen molar-refractivity contribution in [2.24, 2.45) is 11.8 Å². The van der Waals surface area contributed by atoms with E-state index in [0.717, 1.165) is 10.9 Å². The number of Topliss-reactive ketones (excluding diaryl/α,β-unsaturated/α-hetero) is 1. The van der Waals surface area contributed by atoms with Crippen LogP contribution in [-0.4, -0.2) is 85.8 Å². The molecule has 0 bridgehead atoms. The Morgan fingerprint density at radius 1 is 1.02 bits per heavy atom. The van der Waals surface area contributed by atoms with Crippen LogP contribution in [0.1, 0.15) is 59.5 Å². The number of methoxy groups -OCH3 is 1. The first-order chi connectivity index (χ1) is 22.0. The van der Waals surface area contributed by atoms with E-state index in [0.29, 0.717) is 42.8 Å². The first-order valence-corrected chi connectivity index (χ1v) is 15.4. The Balaban J connectivity index is 1.49. The number of benzene rings is 2. The topological polar surface area (TPSA) is 159 Å². The average Bonchev–Trinajstić information content (AvgIpc) is 3.64. The van der Waals surface area contributed by atoms with Gasteiger partial charge in [-0.25, -0.2) is 4.79 Å². The first-order valence-electron chi connectivity index (χ1n) is 15.4. The molecule has 1 saturated heterocycles. The number of aromatic amines is 1. The molecular weight excluding hydrogens is 590 g/mol. The number of hydrogen-bond acceptors (Lipinski definition) is 8. The van der Waals surface area contributed by atoms with Crippen LogP contribution in [0.3, 0.4) is 0 Å². The third kappa shape index (κ3) is 8.72. The Morgan fingerprint density at radius 2 is 1.78 bits per heavy atom. The van der Waals surface area contributed by atoms with Crippen LogP contribution < -0.4 is 20.7 Å². The molecule has 0 spiro atoms. The van der Waals surface area contributed by atoms with Gasteiger partial charge in [0, 0.05) is 29.9 Å². The molecule has 2 aromatic carbocycles. The van der Waals surface area contributed by atoms with E-state index >= 15 is 0 Å². The Bertz CT molecular complexity index is 1580. The van der Waals surface area contributed by atoms with Gasteiger partial charge in [0.25, 0.3) is 5.91 Å². The molecule has 4 N–H and O–H groups in total. The summed E-state index contributed by atoms with van der Waals surface area (Å²) >= 11 is 0. The molecule has 46 heavy (non-hydrogen) atoms. The summed E-state index contributed by atoms with van der Waals surface area (Å²) in [5, 5.41) is 9.03. The minimum atomic E-state index is -1.12. The van der Waals surface area contributed by atoms with Crippen LogP contribution in [-0.2, 0) is 25.7 Å². The monoisotopic (exact) mass is 633 g/mol. The van der Waals surface area contributed by atoms with Crippen molar-refractivity contribution in [1.29, 1.82) is 0 Å². The number of aromatic nitrogens is 1. The fourth-order valence-corrected chi connectivity index (χ4v) is 5.58. The van der Waals surface area contributed by atoms with E-state index in [9.17, 15) is 24.0 Å². The number of hydrogen-bond donors (Lipinski definition) is 4. The van der Waals surface area contributed by atoms with E-state index in [2.05, 4.69) is 20.9 Å². The van der Waals surface area contributed by atoms with Gasteiger partial charge >= 0.3 is 5.97 Å². The molecule has 0 aliphatic carbocycles. The Kier molecular flexibility index (Phi) is 11.5. The molecule has 0 radical (unpaired) electrons. The van der Waals surface area contributed by atoms with Crippen molar-refractivity contribution in [3.63, 3.8) is 0 Å². The van der Waals surface area contributed by atoms with Gasteiger partial charge in [0.15, 0.2) is 12.4 Å². The molecule has 0 saturated carbocycles. The lowest BCUT2D eigenvalue weighted by molar-refractivity contribution is -0.131. The SMILES string of the molecule is COc1cccc2[nH]c(C(=O)N[C@@H](CC(C)C)C(=O)N[C@@H](C[C@@H]3CCNC3=O)C(=O)COC(=O)c3ccccc3CN(C)C)cc12. The zero-order valence-corrected chi connectivity index (χ0v) is 27.0. The zero-order chi connectivity index (χ0) is 33.4. The average molecular weight is 634 g/mol. The lowest BCUT2D eigenvalue weighted by atomic mass is 9.95. The number of ether oxygens (including phenoxy) is 2. The van der Waals surface area contributed by atoms with Gasteiger partial charge in [-0.1, -0.05) is 38.1 Å². The van der Waals surface area contributed by atoms with Crippen LogP contribution in [0.25, 0.3) is 10.9 Å². The number of H-pyrrole nitrogens is 1. The summed E-state index contributed by atoms with van der Waals surface area (Å²) in [6, 6.07) is 12.0. The van der Waals surface area contributed by atoms with Crippen LogP contribution in [0.2, 0.25) is 0 Å². The number of esters is 1. The number of rotatable bonds is 15. The Labute approximate surface area is 268 Å². The van der Waals surface area contributed by atoms with Gasteiger partial charge in [0.2, 0.25) is 11.8 Å². The highest BCUT2D eigenvalue weighted by atomic mass is 16.5. The summed E-state index contributed by atoms with van der Waals surface area (Å²) < 4.78 is 10.8. The van der Waals surface area contributed by atoms with Crippen molar-refractivity contribution in [2.45, 2.75) is 51.7 Å². The van der Waals surface area contributed by atoms with Gasteiger partial charge in [-0.05, 0) is 69.1 Å². The summed E-state index contributed by atoms with van der Waals surface area (Å²) in [6.07, 6.45) is 0.838. The fourth-order valence-electron chi connectivity index (χ4n) is 5.58. The smallest absolute Gasteiger partial charge is 0.338 e. The second-order valence-corrected chi connectivity index (χ2v) is 12.3. The summed E-state index contributed by atoms with van der Waals surface area (Å²) in [5.41, 5.74) is 2.04. The second kappa shape index (κ2) is 15.5. The van der Waals surface area contributed by atoms with Crippen LogP contribution in [0, 0.1) is 11.8 Å². The molecule has 246 valence electrons. The highest BCUT2D eigenvalue weighted by molar-refractivity contribution is 6.02. The predicted molar refractivity (Wildman–Crippen MR) is 172 cm³/mol. The third-order valence-corrected chi connectivity index (χ3v) is 7.88. The van der Waals surface area contributed by atoms with E-state index in [1.165, 1.54) is 0 Å². The number of carbonyl (C=O) groups excluding carboxylic acids is 5. The minimum absolute atomic E-state index is 0.0248. The van der Waals surface area contributed by atoms with Crippen LogP contribution in [0.4, 0.5) is 0 Å². The van der Waals surface area contributed by atoms with Crippen LogP contribution >= 0.6 is 0 Å². The second-order valence-electron chi connectivity index (χ2n) is 12.3. The molecule has 3 aromatic rings. The van der Waals surface area contributed by atoms with E-state index in [1.807, 2.05) is 51.0 Å². The third-order valence-electron chi connectivity index (χ3n) is 7.88. The lowest BCUT2D eigenvalue weighted by Gasteiger charge is -2.25. The summed E-state index contributed by atoms with van der Waals surface area (Å²) in [6.45, 7) is 4.21. The van der Waals surface area contributed by atoms with E-state index in [1.54, 1.807) is 37.4 Å². The fraction of sp³-hybridized carbons (Fsp3) is 0.441. The van der Waals surface area contributed by atoms with Gasteiger partial charge in [-0.15, -0.1) is 0 Å². The molecule has 3 amide bonds. The molecule has 1 aliphatic heterocycles. The van der Waals surface area contributed by atoms with Gasteiger partial charge in [0.05, 0.1) is 18.7 Å². The maximum Gasteiger partial charge on any atom is 0.338 e. The molecule has 2 heterocycles. The minimum Gasteiger partial charge on any atom is -0.496 e. The standard InChI is InChI=1S/C34H43N5O7/c1-20(2)15-27(38-33(43)28-17-24-25(36-28)11-8-12-30(24)45-5)32(42)37-26(16-21-13-14-35-31(21)41)29(40)19-46-34(44)23-10-7-6-9-22(23)18-39(3)4/h6-12,17,20-21,26-27,36H,13-16,18-19H2,1-5H3,(H,35,41)(H,37,42)(H,38,43)/t21-,26-,27-/m0/s1. The van der Waals surface area contributed by atoms with Crippen molar-refractivity contribution in [2.75, 3.05) is 34.4 Å². The normalized spacial score (nSPS) is 15.8. The molecule has 1 fully saturated rings. The molecule has 1 aromatic heterocycles. The number of nitrogens with zero attached hydrogens (tertiary/aromatic N) is 1. The number of fused-ring (bicyclic) bond motifs is 1. The number of carbonyl (C=O) groups is 5. The number of nitrogens with one attached hydrogen (secondary N) is 4. The molecule has 0 unspecified atom stereocenters. The number of amides is 3. The molecule has 12 nitrogen and oxygen atoms in total. The van der Waals surface area contributed by atoms with Crippen molar-refractivity contribution < 1.29 is 33.4 Å². The van der Waals surface area contributed by atoms with Gasteiger partial charge in [-0.2, -0.15) is 0 Å². The van der Waals surface area contributed by atoms with E-state index in [4.69, 9.17) is 9.47 Å².